The van der Waals surface area contributed by atoms with E-state index >= 15 is 0 Å². The Bertz CT molecular complexity index is 904. The second-order valence-electron chi connectivity index (χ2n) is 6.90. The molecule has 0 unspecified atom stereocenters. The molecule has 1 N–H and O–H groups in total. The molecule has 0 bridgehead atoms. The number of hydrogen-bond acceptors (Lipinski definition) is 6. The number of carbonyl (C=O) groups is 2. The van der Waals surface area contributed by atoms with Crippen molar-refractivity contribution in [1.29, 1.82) is 0 Å². The Morgan fingerprint density at radius 2 is 1.96 bits per heavy atom. The van der Waals surface area contributed by atoms with Crippen LogP contribution in [0.15, 0.2) is 18.2 Å². The first kappa shape index (κ1) is 18.8. The lowest BCUT2D eigenvalue weighted by Crippen LogP contribution is -2.17. The molecule has 2 aliphatic rings. The van der Waals surface area contributed by atoms with Crippen LogP contribution in [0.4, 0.5) is 5.00 Å². The van der Waals surface area contributed by atoms with Crippen molar-refractivity contribution in [2.45, 2.75) is 45.4 Å². The average molecular weight is 401 g/mol. The molecule has 1 amide bonds. The van der Waals surface area contributed by atoms with E-state index in [1.165, 1.54) is 16.2 Å². The predicted octanol–water partition coefficient (Wildman–Crippen LogP) is 4.10. The van der Waals surface area contributed by atoms with Gasteiger partial charge in [0.2, 0.25) is 12.7 Å². The van der Waals surface area contributed by atoms with Gasteiger partial charge < -0.3 is 19.5 Å². The third kappa shape index (κ3) is 3.85. The normalized spacial score (nSPS) is 14.9. The molecule has 0 spiro atoms. The van der Waals surface area contributed by atoms with Gasteiger partial charge in [-0.3, -0.25) is 4.79 Å². The molecule has 2 aromatic rings. The number of rotatable bonds is 5. The summed E-state index contributed by atoms with van der Waals surface area (Å²) in [5.41, 5.74) is 2.43. The topological polar surface area (TPSA) is 73.9 Å². The van der Waals surface area contributed by atoms with Crippen molar-refractivity contribution in [3.05, 3.63) is 39.8 Å². The second kappa shape index (κ2) is 8.22. The maximum absolute atomic E-state index is 12.7. The molecule has 1 aliphatic carbocycles. The smallest absolute Gasteiger partial charge is 0.341 e. The number of carbonyl (C=O) groups excluding carboxylic acids is 2. The number of amides is 1. The van der Waals surface area contributed by atoms with Gasteiger partial charge in [0, 0.05) is 4.88 Å². The lowest BCUT2D eigenvalue weighted by Gasteiger charge is -2.09. The van der Waals surface area contributed by atoms with E-state index in [1.807, 2.05) is 18.2 Å². The van der Waals surface area contributed by atoms with Crippen molar-refractivity contribution < 1.29 is 23.8 Å². The highest BCUT2D eigenvalue weighted by Gasteiger charge is 2.26. The lowest BCUT2D eigenvalue weighted by atomic mass is 10.1. The molecule has 0 fully saturated rings. The monoisotopic (exact) mass is 401 g/mol. The van der Waals surface area contributed by atoms with Crippen LogP contribution in [0.3, 0.4) is 0 Å². The fourth-order valence-electron chi connectivity index (χ4n) is 3.66. The second-order valence-corrected chi connectivity index (χ2v) is 8.01. The zero-order valence-electron chi connectivity index (χ0n) is 15.8. The summed E-state index contributed by atoms with van der Waals surface area (Å²) in [6.45, 7) is 2.31. The van der Waals surface area contributed by atoms with E-state index in [4.69, 9.17) is 14.2 Å². The van der Waals surface area contributed by atoms with E-state index in [1.54, 1.807) is 6.92 Å². The Morgan fingerprint density at radius 1 is 1.14 bits per heavy atom. The predicted molar refractivity (Wildman–Crippen MR) is 106 cm³/mol. The van der Waals surface area contributed by atoms with Gasteiger partial charge in [-0.1, -0.05) is 12.5 Å². The first-order valence-electron chi connectivity index (χ1n) is 9.65. The molecule has 0 radical (unpaired) electrons. The Kier molecular flexibility index (Phi) is 5.52. The fraction of sp³-hybridized carbons (Fsp3) is 0.429. The molecule has 1 aliphatic heterocycles. The van der Waals surface area contributed by atoms with Gasteiger partial charge in [-0.2, -0.15) is 0 Å². The standard InChI is InChI=1S/C21H23NO5S/c1-2-25-21(24)19-14-6-4-3-5-7-17(14)28-20(19)22-18(23)11-13-8-9-15-16(10-13)27-12-26-15/h8-10H,2-7,11-12H2,1H3,(H,22,23). The summed E-state index contributed by atoms with van der Waals surface area (Å²) >= 11 is 1.51. The van der Waals surface area contributed by atoms with Crippen LogP contribution >= 0.6 is 11.3 Å². The Labute approximate surface area is 167 Å². The van der Waals surface area contributed by atoms with Gasteiger partial charge in [-0.25, -0.2) is 4.79 Å². The summed E-state index contributed by atoms with van der Waals surface area (Å²) in [5.74, 6) is 0.831. The van der Waals surface area contributed by atoms with Crippen LogP contribution in [0.25, 0.3) is 0 Å². The maximum Gasteiger partial charge on any atom is 0.341 e. The summed E-state index contributed by atoms with van der Waals surface area (Å²) in [5, 5.41) is 3.56. The number of thiophene rings is 1. The molecule has 7 heteroatoms. The highest BCUT2D eigenvalue weighted by molar-refractivity contribution is 7.17. The van der Waals surface area contributed by atoms with Gasteiger partial charge in [0.15, 0.2) is 11.5 Å². The number of esters is 1. The van der Waals surface area contributed by atoms with Crippen LogP contribution in [0, 0.1) is 0 Å². The lowest BCUT2D eigenvalue weighted by molar-refractivity contribution is -0.115. The first-order chi connectivity index (χ1) is 13.7. The van der Waals surface area contributed by atoms with Crippen molar-refractivity contribution in [3.8, 4) is 11.5 Å². The van der Waals surface area contributed by atoms with E-state index < -0.39 is 0 Å². The van der Waals surface area contributed by atoms with Gasteiger partial charge in [0.1, 0.15) is 5.00 Å². The minimum atomic E-state index is -0.347. The quantitative estimate of drug-likeness (QED) is 0.603. The summed E-state index contributed by atoms with van der Waals surface area (Å²) in [4.78, 5) is 26.4. The number of fused-ring (bicyclic) bond motifs is 2. The SMILES string of the molecule is CCOC(=O)c1c(NC(=O)Cc2ccc3c(c2)OCO3)sc2c1CCCCC2. The highest BCUT2D eigenvalue weighted by atomic mass is 32.1. The van der Waals surface area contributed by atoms with Crippen LogP contribution in [0.2, 0.25) is 0 Å². The van der Waals surface area contributed by atoms with E-state index in [9.17, 15) is 9.59 Å². The summed E-state index contributed by atoms with van der Waals surface area (Å²) in [6, 6.07) is 5.48. The number of hydrogen-bond donors (Lipinski definition) is 1. The number of ether oxygens (including phenoxy) is 3. The van der Waals surface area contributed by atoms with Gasteiger partial charge in [-0.05, 0) is 55.9 Å². The van der Waals surface area contributed by atoms with Gasteiger partial charge >= 0.3 is 5.97 Å². The molecule has 2 heterocycles. The highest BCUT2D eigenvalue weighted by Crippen LogP contribution is 2.38. The number of benzene rings is 1. The van der Waals surface area contributed by atoms with Crippen LogP contribution in [-0.2, 0) is 28.8 Å². The Balaban J connectivity index is 1.54. The first-order valence-corrected chi connectivity index (χ1v) is 10.5. The van der Waals surface area contributed by atoms with Gasteiger partial charge in [0.05, 0.1) is 18.6 Å². The molecule has 6 nitrogen and oxygen atoms in total. The van der Waals surface area contributed by atoms with Gasteiger partial charge in [0.25, 0.3) is 0 Å². The number of nitrogens with one attached hydrogen (secondary N) is 1. The minimum Gasteiger partial charge on any atom is -0.462 e. The molecule has 0 saturated heterocycles. The van der Waals surface area contributed by atoms with Crippen LogP contribution in [0.1, 0.15) is 52.5 Å². The molecule has 0 atom stereocenters. The molecule has 0 saturated carbocycles. The molecule has 28 heavy (non-hydrogen) atoms. The maximum atomic E-state index is 12.7. The van der Waals surface area contributed by atoms with Crippen molar-refractivity contribution in [3.63, 3.8) is 0 Å². The molecular formula is C21H23NO5S. The van der Waals surface area contributed by atoms with E-state index in [2.05, 4.69) is 5.32 Å². The molecule has 1 aromatic carbocycles. The third-order valence-electron chi connectivity index (χ3n) is 4.96. The van der Waals surface area contributed by atoms with E-state index in [-0.39, 0.29) is 25.1 Å². The van der Waals surface area contributed by atoms with Gasteiger partial charge in [-0.15, -0.1) is 11.3 Å². The molecule has 148 valence electrons. The molecule has 4 rings (SSSR count). The summed E-state index contributed by atoms with van der Waals surface area (Å²) in [6.07, 6.45) is 5.33. The summed E-state index contributed by atoms with van der Waals surface area (Å²) in [7, 11) is 0. The van der Waals surface area contributed by atoms with Crippen LogP contribution in [-0.4, -0.2) is 25.3 Å². The third-order valence-corrected chi connectivity index (χ3v) is 6.16. The van der Waals surface area contributed by atoms with Crippen molar-refractivity contribution in [2.24, 2.45) is 0 Å². The number of aryl methyl sites for hydroxylation is 1. The van der Waals surface area contributed by atoms with Crippen molar-refractivity contribution in [1.82, 2.24) is 0 Å². The molecular weight excluding hydrogens is 378 g/mol. The fourth-order valence-corrected chi connectivity index (χ4v) is 4.95. The minimum absolute atomic E-state index is 0.166. The number of anilines is 1. The average Bonchev–Trinajstić information content (AvgIpc) is 3.19. The van der Waals surface area contributed by atoms with Crippen LogP contribution in [0.5, 0.6) is 11.5 Å². The van der Waals surface area contributed by atoms with Crippen molar-refractivity contribution >= 4 is 28.2 Å². The zero-order valence-corrected chi connectivity index (χ0v) is 16.7. The Morgan fingerprint density at radius 3 is 2.82 bits per heavy atom. The van der Waals surface area contributed by atoms with E-state index in [0.29, 0.717) is 28.7 Å². The largest absolute Gasteiger partial charge is 0.462 e. The van der Waals surface area contributed by atoms with Crippen LogP contribution < -0.4 is 14.8 Å². The summed E-state index contributed by atoms with van der Waals surface area (Å²) < 4.78 is 15.9. The zero-order chi connectivity index (χ0) is 19.5. The van der Waals surface area contributed by atoms with Crippen molar-refractivity contribution in [2.75, 3.05) is 18.7 Å². The molecule has 1 aromatic heterocycles. The van der Waals surface area contributed by atoms with E-state index in [0.717, 1.165) is 43.2 Å². The Hall–Kier alpha value is -2.54.